The second kappa shape index (κ2) is 10.6. The third kappa shape index (κ3) is 6.35. The number of hydrogen-bond donors (Lipinski definition) is 3. The number of fused-ring (bicyclic) bond motifs is 1. The van der Waals surface area contributed by atoms with Gasteiger partial charge in [-0.2, -0.15) is 13.2 Å². The number of alkyl halides is 3. The fourth-order valence-electron chi connectivity index (χ4n) is 4.47. The molecule has 2 aromatic heterocycles. The van der Waals surface area contributed by atoms with Crippen LogP contribution in [0.5, 0.6) is 0 Å². The van der Waals surface area contributed by atoms with Crippen molar-refractivity contribution in [2.24, 2.45) is 0 Å². The van der Waals surface area contributed by atoms with E-state index in [1.165, 1.54) is 13.3 Å². The summed E-state index contributed by atoms with van der Waals surface area (Å²) < 4.78 is 52.1. The monoisotopic (exact) mass is 548 g/mol. The summed E-state index contributed by atoms with van der Waals surface area (Å²) in [4.78, 5) is 37.0. The van der Waals surface area contributed by atoms with Crippen molar-refractivity contribution in [3.8, 4) is 11.3 Å². The maximum absolute atomic E-state index is 14.0. The van der Waals surface area contributed by atoms with Crippen LogP contribution >= 0.6 is 0 Å². The van der Waals surface area contributed by atoms with E-state index in [1.807, 2.05) is 0 Å². The molecule has 0 aliphatic carbocycles. The van der Waals surface area contributed by atoms with E-state index in [4.69, 9.17) is 4.74 Å². The molecule has 1 saturated heterocycles. The molecule has 1 aliphatic rings. The highest BCUT2D eigenvalue weighted by molar-refractivity contribution is 6.00. The zero-order valence-corrected chi connectivity index (χ0v) is 22.3. The number of likely N-dealkylation sites (tertiary alicyclic amines) is 1. The van der Waals surface area contributed by atoms with Gasteiger partial charge in [0.05, 0.1) is 18.3 Å². The summed E-state index contributed by atoms with van der Waals surface area (Å²) in [5.74, 6) is 0.0177. The number of aromatic amines is 1. The van der Waals surface area contributed by atoms with Crippen molar-refractivity contribution in [3.05, 3.63) is 35.7 Å². The Morgan fingerprint density at radius 3 is 2.62 bits per heavy atom. The van der Waals surface area contributed by atoms with E-state index in [2.05, 4.69) is 30.3 Å². The molecule has 4 rings (SSSR count). The Kier molecular flexibility index (Phi) is 7.62. The van der Waals surface area contributed by atoms with Gasteiger partial charge in [-0.3, -0.25) is 5.32 Å². The van der Waals surface area contributed by atoms with Crippen LogP contribution in [0.25, 0.3) is 22.2 Å². The minimum Gasteiger partial charge on any atom is -0.453 e. The van der Waals surface area contributed by atoms with Crippen LogP contribution in [0.1, 0.15) is 44.7 Å². The van der Waals surface area contributed by atoms with Gasteiger partial charge in [0.2, 0.25) is 5.95 Å². The lowest BCUT2D eigenvalue weighted by molar-refractivity contribution is -0.137. The highest BCUT2D eigenvalue weighted by Gasteiger charge is 2.36. The first-order valence-corrected chi connectivity index (χ1v) is 12.4. The predicted octanol–water partition coefficient (Wildman–Crippen LogP) is 5.94. The molecule has 13 heteroatoms. The van der Waals surface area contributed by atoms with Gasteiger partial charge < -0.3 is 24.7 Å². The quantitative estimate of drug-likeness (QED) is 0.369. The molecule has 0 bridgehead atoms. The molecule has 1 fully saturated rings. The third-order valence-corrected chi connectivity index (χ3v) is 6.29. The number of anilines is 2. The maximum Gasteiger partial charge on any atom is 0.419 e. The van der Waals surface area contributed by atoms with Gasteiger partial charge in [0.1, 0.15) is 11.2 Å². The van der Waals surface area contributed by atoms with Gasteiger partial charge in [0.15, 0.2) is 0 Å². The molecule has 0 unspecified atom stereocenters. The minimum absolute atomic E-state index is 0.0177. The van der Waals surface area contributed by atoms with Gasteiger partial charge in [-0.1, -0.05) is 6.07 Å². The van der Waals surface area contributed by atoms with Gasteiger partial charge in [0, 0.05) is 48.2 Å². The fraction of sp³-hybridized carbons (Fsp3) is 0.462. The van der Waals surface area contributed by atoms with Crippen molar-refractivity contribution in [1.29, 1.82) is 0 Å². The van der Waals surface area contributed by atoms with Crippen LogP contribution in [-0.2, 0) is 15.7 Å². The summed E-state index contributed by atoms with van der Waals surface area (Å²) in [6.07, 6.45) is -2.22. The van der Waals surface area contributed by atoms with Crippen molar-refractivity contribution >= 4 is 34.7 Å². The highest BCUT2D eigenvalue weighted by Crippen LogP contribution is 2.40. The van der Waals surface area contributed by atoms with Crippen LogP contribution in [0, 0.1) is 6.92 Å². The van der Waals surface area contributed by atoms with Crippen LogP contribution < -0.4 is 10.6 Å². The van der Waals surface area contributed by atoms with Crippen LogP contribution in [0.3, 0.4) is 0 Å². The molecule has 210 valence electrons. The number of hydrogen-bond acceptors (Lipinski definition) is 7. The number of piperidine rings is 1. The average molecular weight is 549 g/mol. The summed E-state index contributed by atoms with van der Waals surface area (Å²) in [7, 11) is 1.23. The number of carbonyl (C=O) groups is 2. The lowest BCUT2D eigenvalue weighted by Crippen LogP contribution is -2.47. The number of nitrogens with one attached hydrogen (secondary N) is 3. The summed E-state index contributed by atoms with van der Waals surface area (Å²) in [5.41, 5.74) is -0.0711. The SMILES string of the molecule is COC(=O)Nc1ccc2c(-c3nc(N[C@H]4CCCN(C(=O)OC(C)(C)C)C4)ncc3C(F)(F)F)c[nH]c2c1C. The summed E-state index contributed by atoms with van der Waals surface area (Å²) in [5, 5.41) is 6.17. The van der Waals surface area contributed by atoms with E-state index in [0.717, 1.165) is 6.20 Å². The molecule has 1 aromatic carbocycles. The van der Waals surface area contributed by atoms with E-state index in [0.29, 0.717) is 48.1 Å². The van der Waals surface area contributed by atoms with Crippen LogP contribution in [0.15, 0.2) is 24.5 Å². The Morgan fingerprint density at radius 1 is 1.21 bits per heavy atom. The van der Waals surface area contributed by atoms with Crippen molar-refractivity contribution < 1.29 is 32.2 Å². The Labute approximate surface area is 223 Å². The topological polar surface area (TPSA) is 121 Å². The van der Waals surface area contributed by atoms with Crippen LogP contribution in [0.2, 0.25) is 0 Å². The largest absolute Gasteiger partial charge is 0.453 e. The summed E-state index contributed by atoms with van der Waals surface area (Å²) >= 11 is 0. The van der Waals surface area contributed by atoms with E-state index in [-0.39, 0.29) is 23.2 Å². The Hall–Kier alpha value is -4.03. The van der Waals surface area contributed by atoms with E-state index in [1.54, 1.807) is 44.7 Å². The second-order valence-electron chi connectivity index (χ2n) is 10.3. The molecule has 10 nitrogen and oxygen atoms in total. The number of carbonyl (C=O) groups excluding carboxylic acids is 2. The standard InChI is InChI=1S/C26H31F3N6O4/c1-14-19(33-23(36)38-5)9-8-16-17(11-30-20(14)16)21-18(26(27,28)29)12-31-22(34-21)32-15-7-6-10-35(13-15)24(37)39-25(2,3)4/h8-9,11-12,15,30H,6-7,10,13H2,1-5H3,(H,33,36)(H,31,32,34)/t15-/m0/s1. The normalized spacial score (nSPS) is 16.2. The Morgan fingerprint density at radius 2 is 1.95 bits per heavy atom. The number of halogens is 3. The van der Waals surface area contributed by atoms with E-state index in [9.17, 15) is 22.8 Å². The van der Waals surface area contributed by atoms with E-state index < -0.39 is 29.5 Å². The number of benzene rings is 1. The van der Waals surface area contributed by atoms with Crippen molar-refractivity contribution in [1.82, 2.24) is 19.9 Å². The maximum atomic E-state index is 14.0. The van der Waals surface area contributed by atoms with Crippen LogP contribution in [0.4, 0.5) is 34.4 Å². The van der Waals surface area contributed by atoms with Crippen molar-refractivity contribution in [2.45, 2.75) is 58.4 Å². The first-order valence-electron chi connectivity index (χ1n) is 12.4. The first-order chi connectivity index (χ1) is 18.3. The number of H-pyrrole nitrogens is 1. The van der Waals surface area contributed by atoms with E-state index >= 15 is 0 Å². The first kappa shape index (κ1) is 28.0. The predicted molar refractivity (Wildman–Crippen MR) is 140 cm³/mol. The number of rotatable bonds is 4. The Balaban J connectivity index is 1.65. The molecular weight excluding hydrogens is 517 g/mol. The zero-order chi connectivity index (χ0) is 28.5. The van der Waals surface area contributed by atoms with Gasteiger partial charge in [-0.25, -0.2) is 19.6 Å². The number of ether oxygens (including phenoxy) is 2. The molecule has 1 atom stereocenters. The molecule has 0 radical (unpaired) electrons. The number of aromatic nitrogens is 3. The molecule has 39 heavy (non-hydrogen) atoms. The van der Waals surface area contributed by atoms with Crippen molar-refractivity contribution in [3.63, 3.8) is 0 Å². The summed E-state index contributed by atoms with van der Waals surface area (Å²) in [6.45, 7) is 7.90. The minimum atomic E-state index is -4.70. The second-order valence-corrected chi connectivity index (χ2v) is 10.3. The number of aryl methyl sites for hydroxylation is 1. The molecule has 1 aliphatic heterocycles. The molecule has 3 heterocycles. The lowest BCUT2D eigenvalue weighted by Gasteiger charge is -2.34. The lowest BCUT2D eigenvalue weighted by atomic mass is 10.0. The van der Waals surface area contributed by atoms with Gasteiger partial charge in [-0.05, 0) is 52.2 Å². The molecule has 3 aromatic rings. The van der Waals surface area contributed by atoms with Gasteiger partial charge >= 0.3 is 18.4 Å². The van der Waals surface area contributed by atoms with Gasteiger partial charge in [0.25, 0.3) is 0 Å². The fourth-order valence-corrected chi connectivity index (χ4v) is 4.47. The zero-order valence-electron chi connectivity index (χ0n) is 22.3. The summed E-state index contributed by atoms with van der Waals surface area (Å²) in [6, 6.07) is 2.93. The molecule has 2 amide bonds. The average Bonchev–Trinajstić information content (AvgIpc) is 3.29. The smallest absolute Gasteiger partial charge is 0.419 e. The molecule has 0 saturated carbocycles. The molecule has 0 spiro atoms. The number of amides is 2. The van der Waals surface area contributed by atoms with Gasteiger partial charge in [-0.15, -0.1) is 0 Å². The van der Waals surface area contributed by atoms with Crippen molar-refractivity contribution in [2.75, 3.05) is 30.8 Å². The van der Waals surface area contributed by atoms with Crippen LogP contribution in [-0.4, -0.2) is 63.9 Å². The highest BCUT2D eigenvalue weighted by atomic mass is 19.4. The Bertz CT molecular complexity index is 1380. The molecular formula is C26H31F3N6O4. The third-order valence-electron chi connectivity index (χ3n) is 6.29. The molecule has 3 N–H and O–H groups in total. The number of nitrogens with zero attached hydrogens (tertiary/aromatic N) is 3. The number of methoxy groups -OCH3 is 1.